The molecule has 6 rings (SSSR count). The lowest BCUT2D eigenvalue weighted by Crippen LogP contribution is -2.34. The summed E-state index contributed by atoms with van der Waals surface area (Å²) in [5.74, 6) is 3.99. The van der Waals surface area contributed by atoms with Gasteiger partial charge in [0.05, 0.1) is 17.7 Å². The number of imide groups is 1. The molecule has 1 fully saturated rings. The molecule has 0 saturated heterocycles. The van der Waals surface area contributed by atoms with E-state index in [0.29, 0.717) is 28.1 Å². The summed E-state index contributed by atoms with van der Waals surface area (Å²) >= 11 is 0. The molecule has 12 nitrogen and oxygen atoms in total. The Bertz CT molecular complexity index is 1780. The SMILES string of the molecule is C/N=C(\N=N/N)NC(=O)c1ccc(CN(C(=O)Nc2ccc3c(c2)C(=O)N(C2CC2)C3=O)c2ccc(C3=CCCCC3)cc2)cc1. The van der Waals surface area contributed by atoms with Crippen LogP contribution in [0.25, 0.3) is 5.57 Å². The first-order valence-electron chi connectivity index (χ1n) is 15.2. The minimum atomic E-state index is -0.438. The van der Waals surface area contributed by atoms with E-state index >= 15 is 0 Å². The third-order valence-corrected chi connectivity index (χ3v) is 8.31. The molecule has 2 aliphatic carbocycles. The number of amides is 5. The Kier molecular flexibility index (Phi) is 8.68. The molecule has 0 radical (unpaired) electrons. The van der Waals surface area contributed by atoms with Crippen LogP contribution in [0.5, 0.6) is 0 Å². The van der Waals surface area contributed by atoms with Crippen LogP contribution in [-0.2, 0) is 6.54 Å². The summed E-state index contributed by atoms with van der Waals surface area (Å²) in [6.45, 7) is 0.191. The van der Waals surface area contributed by atoms with Gasteiger partial charge in [-0.25, -0.2) is 4.79 Å². The zero-order valence-corrected chi connectivity index (χ0v) is 25.4. The van der Waals surface area contributed by atoms with E-state index in [1.807, 2.05) is 24.3 Å². The van der Waals surface area contributed by atoms with Gasteiger partial charge in [-0.1, -0.05) is 40.7 Å². The third kappa shape index (κ3) is 6.41. The molecule has 1 saturated carbocycles. The lowest BCUT2D eigenvalue weighted by atomic mass is 9.93. The summed E-state index contributed by atoms with van der Waals surface area (Å²) in [6.07, 6.45) is 8.37. The Labute approximate surface area is 266 Å². The van der Waals surface area contributed by atoms with Crippen LogP contribution >= 0.6 is 0 Å². The maximum atomic E-state index is 13.9. The summed E-state index contributed by atoms with van der Waals surface area (Å²) < 4.78 is 0. The van der Waals surface area contributed by atoms with E-state index in [1.54, 1.807) is 47.4 Å². The lowest BCUT2D eigenvalue weighted by Gasteiger charge is -2.24. The Morgan fingerprint density at radius 3 is 2.35 bits per heavy atom. The molecule has 234 valence electrons. The second-order valence-electron chi connectivity index (χ2n) is 11.4. The highest BCUT2D eigenvalue weighted by Gasteiger charge is 2.44. The number of nitrogens with one attached hydrogen (secondary N) is 2. The average molecular weight is 619 g/mol. The number of nitrogens with two attached hydrogens (primary N) is 1. The first-order chi connectivity index (χ1) is 22.4. The van der Waals surface area contributed by atoms with Gasteiger partial charge in [-0.05, 0) is 97.7 Å². The highest BCUT2D eigenvalue weighted by molar-refractivity contribution is 6.22. The molecule has 4 N–H and O–H groups in total. The summed E-state index contributed by atoms with van der Waals surface area (Å²) in [4.78, 5) is 59.0. The van der Waals surface area contributed by atoms with Gasteiger partial charge in [0.25, 0.3) is 17.7 Å². The van der Waals surface area contributed by atoms with Crippen LogP contribution in [0.15, 0.2) is 88.1 Å². The highest BCUT2D eigenvalue weighted by Crippen LogP contribution is 2.36. The Morgan fingerprint density at radius 2 is 1.70 bits per heavy atom. The molecule has 46 heavy (non-hydrogen) atoms. The Balaban J connectivity index is 1.24. The number of aliphatic imine (C=N–C) groups is 1. The minimum Gasteiger partial charge on any atom is -0.308 e. The second kappa shape index (κ2) is 13.1. The first-order valence-corrected chi connectivity index (χ1v) is 15.2. The highest BCUT2D eigenvalue weighted by atomic mass is 16.2. The number of carbonyl (C=O) groups is 4. The molecule has 3 aromatic carbocycles. The van der Waals surface area contributed by atoms with Crippen LogP contribution in [0.3, 0.4) is 0 Å². The number of hydrogen-bond donors (Lipinski definition) is 3. The van der Waals surface area contributed by atoms with E-state index in [0.717, 1.165) is 43.2 Å². The number of guanidine groups is 1. The van der Waals surface area contributed by atoms with E-state index in [2.05, 4.69) is 32.0 Å². The maximum Gasteiger partial charge on any atom is 0.326 e. The molecule has 0 unspecified atom stereocenters. The smallest absolute Gasteiger partial charge is 0.308 e. The van der Waals surface area contributed by atoms with Crippen molar-refractivity contribution in [1.82, 2.24) is 10.2 Å². The van der Waals surface area contributed by atoms with Crippen molar-refractivity contribution in [2.45, 2.75) is 51.1 Å². The van der Waals surface area contributed by atoms with Crippen molar-refractivity contribution in [3.8, 4) is 0 Å². The van der Waals surface area contributed by atoms with Gasteiger partial charge in [-0.3, -0.25) is 34.5 Å². The largest absolute Gasteiger partial charge is 0.326 e. The molecule has 1 aliphatic heterocycles. The first kappa shape index (κ1) is 30.4. The number of urea groups is 1. The summed E-state index contributed by atoms with van der Waals surface area (Å²) in [5.41, 5.74) is 5.29. The van der Waals surface area contributed by atoms with Crippen molar-refractivity contribution in [3.63, 3.8) is 0 Å². The quantitative estimate of drug-likeness (QED) is 0.0774. The van der Waals surface area contributed by atoms with Crippen LogP contribution in [0.2, 0.25) is 0 Å². The van der Waals surface area contributed by atoms with E-state index in [-0.39, 0.29) is 30.4 Å². The summed E-state index contributed by atoms with van der Waals surface area (Å²) in [7, 11) is 1.45. The zero-order chi connectivity index (χ0) is 32.2. The molecular formula is C34H34N8O4. The molecule has 3 aliphatic rings. The number of anilines is 2. The Morgan fingerprint density at radius 1 is 0.957 bits per heavy atom. The van der Waals surface area contributed by atoms with E-state index < -0.39 is 11.9 Å². The van der Waals surface area contributed by atoms with Crippen molar-refractivity contribution in [1.29, 1.82) is 0 Å². The minimum absolute atomic E-state index is 0.0234. The van der Waals surface area contributed by atoms with Gasteiger partial charge >= 0.3 is 6.03 Å². The van der Waals surface area contributed by atoms with E-state index in [1.165, 1.54) is 23.9 Å². The summed E-state index contributed by atoms with van der Waals surface area (Å²) in [5, 5.41) is 12.1. The van der Waals surface area contributed by atoms with Gasteiger partial charge in [0, 0.05) is 30.0 Å². The van der Waals surface area contributed by atoms with Crippen molar-refractivity contribution in [2.24, 2.45) is 21.2 Å². The third-order valence-electron chi connectivity index (χ3n) is 8.31. The van der Waals surface area contributed by atoms with Gasteiger partial charge in [0.1, 0.15) is 0 Å². The molecule has 0 spiro atoms. The predicted octanol–water partition coefficient (Wildman–Crippen LogP) is 5.68. The fraction of sp³-hybridized carbons (Fsp3) is 0.265. The van der Waals surface area contributed by atoms with Gasteiger partial charge < -0.3 is 11.2 Å². The van der Waals surface area contributed by atoms with Crippen LogP contribution in [-0.4, -0.2) is 47.7 Å². The van der Waals surface area contributed by atoms with Gasteiger partial charge in [-0.2, -0.15) is 0 Å². The van der Waals surface area contributed by atoms with Gasteiger partial charge in [0.2, 0.25) is 5.96 Å². The standard InChI is InChI=1S/C34H34N8O4/c1-36-33(39-40-35)38-30(43)24-9-7-21(8-10-24)20-41(26-14-11-23(12-15-26)22-5-3-2-4-6-22)34(46)37-25-13-18-28-29(19-25)32(45)42(31(28)44)27-16-17-27/h5,7-15,18-19,27H,2-4,6,16-17,20H2,1H3,(H,37,46)(H3,35,36,38,39,43). The molecule has 12 heteroatoms. The molecule has 0 bridgehead atoms. The topological polar surface area (TPSA) is 162 Å². The van der Waals surface area contributed by atoms with Crippen LogP contribution in [0.4, 0.5) is 16.2 Å². The van der Waals surface area contributed by atoms with Gasteiger partial charge in [-0.15, -0.1) is 0 Å². The number of carbonyl (C=O) groups excluding carboxylic acids is 4. The molecule has 5 amide bonds. The maximum absolute atomic E-state index is 13.9. The second-order valence-corrected chi connectivity index (χ2v) is 11.4. The number of fused-ring (bicyclic) bond motifs is 1. The van der Waals surface area contributed by atoms with E-state index in [4.69, 9.17) is 5.84 Å². The van der Waals surface area contributed by atoms with Crippen LogP contribution in [0, 0.1) is 0 Å². The average Bonchev–Trinajstić information content (AvgIpc) is 3.89. The zero-order valence-electron chi connectivity index (χ0n) is 25.4. The number of allylic oxidation sites excluding steroid dienone is 2. The van der Waals surface area contributed by atoms with Crippen LogP contribution < -0.4 is 21.4 Å². The van der Waals surface area contributed by atoms with Crippen molar-refractivity contribution < 1.29 is 19.2 Å². The van der Waals surface area contributed by atoms with Crippen molar-refractivity contribution >= 4 is 46.7 Å². The normalized spacial score (nSPS) is 16.3. The molecule has 0 aromatic heterocycles. The monoisotopic (exact) mass is 618 g/mol. The molecule has 1 heterocycles. The number of nitrogens with zero attached hydrogens (tertiary/aromatic N) is 5. The number of hydrogen-bond acceptors (Lipinski definition) is 6. The molecular weight excluding hydrogens is 584 g/mol. The fourth-order valence-electron chi connectivity index (χ4n) is 5.73. The Hall–Kier alpha value is -5.65. The van der Waals surface area contributed by atoms with Crippen molar-refractivity contribution in [2.75, 3.05) is 17.3 Å². The fourth-order valence-corrected chi connectivity index (χ4v) is 5.73. The predicted molar refractivity (Wildman–Crippen MR) is 174 cm³/mol. The van der Waals surface area contributed by atoms with Crippen LogP contribution in [0.1, 0.15) is 80.7 Å². The number of rotatable bonds is 7. The lowest BCUT2D eigenvalue weighted by molar-refractivity contribution is 0.0642. The van der Waals surface area contributed by atoms with Gasteiger partial charge in [0.15, 0.2) is 0 Å². The molecule has 0 atom stereocenters. The van der Waals surface area contributed by atoms with E-state index in [9.17, 15) is 19.2 Å². The summed E-state index contributed by atoms with van der Waals surface area (Å²) in [6, 6.07) is 19.0. The molecule has 3 aromatic rings. The van der Waals surface area contributed by atoms with Crippen molar-refractivity contribution in [3.05, 3.63) is 101 Å². The number of benzene rings is 3.